The molecule has 0 saturated heterocycles. The molecule has 2 aromatic rings. The lowest BCUT2D eigenvalue weighted by Crippen LogP contribution is -3.00. The fraction of sp³-hybridized carbons (Fsp3) is 0.143. The number of hydrogen-bond acceptors (Lipinski definition) is 2. The van der Waals surface area contributed by atoms with E-state index < -0.39 is 0 Å². The van der Waals surface area contributed by atoms with E-state index in [2.05, 4.69) is 0 Å². The maximum atomic E-state index is 11.1. The minimum atomic E-state index is 0. The molecule has 0 bridgehead atoms. The fourth-order valence-electron chi connectivity index (χ4n) is 1.53. The average Bonchev–Trinajstić information content (AvgIpc) is 2.32. The Bertz CT molecular complexity index is 514. The molecule has 0 aliphatic carbocycles. The van der Waals surface area contributed by atoms with Gasteiger partial charge in [0.05, 0.1) is 6.07 Å². The van der Waals surface area contributed by atoms with Gasteiger partial charge in [-0.25, -0.2) is 0 Å². The van der Waals surface area contributed by atoms with Crippen LogP contribution in [0.3, 0.4) is 0 Å². The molecular formula is C14H14INO2. The molecule has 0 aliphatic rings. The summed E-state index contributed by atoms with van der Waals surface area (Å²) >= 11 is 0. The second kappa shape index (κ2) is 7.10. The van der Waals surface area contributed by atoms with Crippen molar-refractivity contribution in [2.24, 2.45) is 0 Å². The number of halogens is 1. The van der Waals surface area contributed by atoms with Gasteiger partial charge in [-0.05, 0) is 18.2 Å². The fourth-order valence-corrected chi connectivity index (χ4v) is 1.53. The van der Waals surface area contributed by atoms with E-state index in [-0.39, 0.29) is 29.8 Å². The summed E-state index contributed by atoms with van der Waals surface area (Å²) < 4.78 is 7.51. The van der Waals surface area contributed by atoms with Crippen LogP contribution in [0.25, 0.3) is 0 Å². The number of aromatic nitrogens is 1. The number of hydrogen-bond donors (Lipinski definition) is 0. The second-order valence-electron chi connectivity index (χ2n) is 3.78. The van der Waals surface area contributed by atoms with Crippen molar-refractivity contribution in [3.8, 4) is 11.6 Å². The monoisotopic (exact) mass is 355 g/mol. The third-order valence-electron chi connectivity index (χ3n) is 2.26. The van der Waals surface area contributed by atoms with Gasteiger partial charge in [0.2, 0.25) is 6.54 Å². The predicted molar refractivity (Wildman–Crippen MR) is 63.8 cm³/mol. The van der Waals surface area contributed by atoms with Crippen molar-refractivity contribution in [1.29, 1.82) is 0 Å². The van der Waals surface area contributed by atoms with Crippen LogP contribution in [-0.4, -0.2) is 5.78 Å². The number of ether oxygens (including phenoxy) is 1. The van der Waals surface area contributed by atoms with E-state index in [1.165, 1.54) is 0 Å². The van der Waals surface area contributed by atoms with Crippen LogP contribution >= 0.6 is 0 Å². The van der Waals surface area contributed by atoms with Crippen molar-refractivity contribution >= 4 is 5.78 Å². The summed E-state index contributed by atoms with van der Waals surface area (Å²) in [5, 5.41) is 0. The number of ketones is 1. The van der Waals surface area contributed by atoms with Crippen molar-refractivity contribution in [2.45, 2.75) is 13.5 Å². The van der Waals surface area contributed by atoms with Gasteiger partial charge < -0.3 is 28.7 Å². The van der Waals surface area contributed by atoms with E-state index in [9.17, 15) is 4.79 Å². The zero-order valence-electron chi connectivity index (χ0n) is 10.0. The molecule has 0 fully saturated rings. The van der Waals surface area contributed by atoms with Crippen molar-refractivity contribution in [3.63, 3.8) is 0 Å². The first-order valence-corrected chi connectivity index (χ1v) is 5.46. The van der Waals surface area contributed by atoms with Crippen LogP contribution in [0, 0.1) is 0 Å². The van der Waals surface area contributed by atoms with Gasteiger partial charge in [-0.15, -0.1) is 0 Å². The van der Waals surface area contributed by atoms with Gasteiger partial charge in [0.15, 0.2) is 12.0 Å². The third-order valence-corrected chi connectivity index (χ3v) is 2.26. The lowest BCUT2D eigenvalue weighted by atomic mass is 10.3. The third kappa shape index (κ3) is 4.10. The van der Waals surface area contributed by atoms with Gasteiger partial charge in [-0.1, -0.05) is 18.2 Å². The van der Waals surface area contributed by atoms with Crippen LogP contribution in [0.1, 0.15) is 6.92 Å². The summed E-state index contributed by atoms with van der Waals surface area (Å²) in [5.74, 6) is 1.52. The van der Waals surface area contributed by atoms with Gasteiger partial charge >= 0.3 is 5.88 Å². The first-order chi connectivity index (χ1) is 8.25. The van der Waals surface area contributed by atoms with Crippen molar-refractivity contribution in [3.05, 3.63) is 54.7 Å². The molecular weight excluding hydrogens is 341 g/mol. The molecule has 0 spiro atoms. The van der Waals surface area contributed by atoms with Crippen LogP contribution in [0.5, 0.6) is 11.6 Å². The molecule has 94 valence electrons. The highest BCUT2D eigenvalue weighted by molar-refractivity contribution is 5.73. The molecule has 1 heterocycles. The molecule has 3 nitrogen and oxygen atoms in total. The molecule has 4 heteroatoms. The second-order valence-corrected chi connectivity index (χ2v) is 3.78. The largest absolute Gasteiger partial charge is 1.00 e. The summed E-state index contributed by atoms with van der Waals surface area (Å²) in [7, 11) is 0. The highest BCUT2D eigenvalue weighted by Crippen LogP contribution is 2.16. The topological polar surface area (TPSA) is 30.2 Å². The van der Waals surface area contributed by atoms with Crippen molar-refractivity contribution in [2.75, 3.05) is 0 Å². The van der Waals surface area contributed by atoms with Crippen molar-refractivity contribution in [1.82, 2.24) is 0 Å². The SMILES string of the molecule is CC(=O)C[n+]1ccccc1Oc1ccccc1.[I-]. The predicted octanol–water partition coefficient (Wildman–Crippen LogP) is -0.641. The smallest absolute Gasteiger partial charge is 0.373 e. The van der Waals surface area contributed by atoms with Gasteiger partial charge in [0.25, 0.3) is 0 Å². The zero-order chi connectivity index (χ0) is 12.1. The van der Waals surface area contributed by atoms with E-state index in [4.69, 9.17) is 4.74 Å². The lowest BCUT2D eigenvalue weighted by molar-refractivity contribution is -0.688. The Labute approximate surface area is 123 Å². The Morgan fingerprint density at radius 1 is 1.11 bits per heavy atom. The highest BCUT2D eigenvalue weighted by atomic mass is 127. The molecule has 0 radical (unpaired) electrons. The van der Waals surface area contributed by atoms with E-state index in [0.717, 1.165) is 5.75 Å². The van der Waals surface area contributed by atoms with Gasteiger partial charge in [-0.3, -0.25) is 4.79 Å². The maximum Gasteiger partial charge on any atom is 0.373 e. The maximum absolute atomic E-state index is 11.1. The molecule has 0 atom stereocenters. The lowest BCUT2D eigenvalue weighted by Gasteiger charge is -2.04. The molecule has 0 unspecified atom stereocenters. The van der Waals surface area contributed by atoms with E-state index in [1.807, 2.05) is 54.7 Å². The Kier molecular flexibility index (Phi) is 5.77. The van der Waals surface area contributed by atoms with Gasteiger partial charge in [0, 0.05) is 13.0 Å². The van der Waals surface area contributed by atoms with Crippen molar-refractivity contribution < 1.29 is 38.1 Å². The van der Waals surface area contributed by atoms with Gasteiger partial charge in [-0.2, -0.15) is 4.57 Å². The minimum absolute atomic E-state index is 0. The van der Waals surface area contributed by atoms with Crippen LogP contribution in [0.2, 0.25) is 0 Å². The number of Topliss-reactive ketones (excluding diaryl/α,β-unsaturated/α-hetero) is 1. The standard InChI is InChI=1S/C14H14NO2.HI/c1-12(16)11-15-10-6-5-9-14(15)17-13-7-3-2-4-8-13;/h2-10H,11H2,1H3;1H/q+1;/p-1. The summed E-state index contributed by atoms with van der Waals surface area (Å²) in [5.41, 5.74) is 0. The number of pyridine rings is 1. The first kappa shape index (κ1) is 14.6. The quantitative estimate of drug-likeness (QED) is 0.540. The number of nitrogens with zero attached hydrogens (tertiary/aromatic N) is 1. The molecule has 2 rings (SSSR count). The Balaban J connectivity index is 0.00000162. The summed E-state index contributed by atoms with van der Waals surface area (Å²) in [6, 6.07) is 15.1. The highest BCUT2D eigenvalue weighted by Gasteiger charge is 2.13. The number of para-hydroxylation sites is 1. The summed E-state index contributed by atoms with van der Waals surface area (Å²) in [4.78, 5) is 11.1. The number of rotatable bonds is 4. The zero-order valence-corrected chi connectivity index (χ0v) is 12.2. The summed E-state index contributed by atoms with van der Waals surface area (Å²) in [6.45, 7) is 1.88. The Morgan fingerprint density at radius 3 is 2.44 bits per heavy atom. The molecule has 1 aromatic heterocycles. The molecule has 1 aromatic carbocycles. The van der Waals surface area contributed by atoms with E-state index in [0.29, 0.717) is 12.4 Å². The molecule has 0 N–H and O–H groups in total. The number of benzene rings is 1. The summed E-state index contributed by atoms with van der Waals surface area (Å²) in [6.07, 6.45) is 1.83. The normalized spacial score (nSPS) is 9.39. The van der Waals surface area contributed by atoms with E-state index >= 15 is 0 Å². The first-order valence-electron chi connectivity index (χ1n) is 5.46. The Hall–Kier alpha value is -1.43. The number of carbonyl (C=O) groups is 1. The molecule has 0 aliphatic heterocycles. The van der Waals surface area contributed by atoms with Crippen LogP contribution in [0.15, 0.2) is 54.7 Å². The average molecular weight is 355 g/mol. The number of carbonyl (C=O) groups excluding carboxylic acids is 1. The molecule has 18 heavy (non-hydrogen) atoms. The molecule has 0 amide bonds. The molecule has 0 saturated carbocycles. The Morgan fingerprint density at radius 2 is 1.78 bits per heavy atom. The van der Waals surface area contributed by atoms with E-state index in [1.54, 1.807) is 11.5 Å². The van der Waals surface area contributed by atoms with Crippen LogP contribution < -0.4 is 33.3 Å². The van der Waals surface area contributed by atoms with Gasteiger partial charge in [0.1, 0.15) is 5.75 Å². The van der Waals surface area contributed by atoms with Crippen LogP contribution in [0.4, 0.5) is 0 Å². The minimum Gasteiger partial charge on any atom is -1.00 e. The van der Waals surface area contributed by atoms with Crippen LogP contribution in [-0.2, 0) is 11.3 Å².